The van der Waals surface area contributed by atoms with E-state index in [1.807, 2.05) is 6.92 Å². The molecule has 1 fully saturated rings. The van der Waals surface area contributed by atoms with Gasteiger partial charge < -0.3 is 20.1 Å². The van der Waals surface area contributed by atoms with E-state index in [0.29, 0.717) is 19.4 Å². The average molecular weight is 298 g/mol. The second-order valence-electron chi connectivity index (χ2n) is 4.56. The molecule has 0 unspecified atom stereocenters. The average Bonchev–Trinajstić information content (AvgIpc) is 2.22. The Labute approximate surface area is 113 Å². The number of ether oxygens (including phenoxy) is 1. The third-order valence-electron chi connectivity index (χ3n) is 2.81. The fourth-order valence-electron chi connectivity index (χ4n) is 1.90. The molecule has 0 atom stereocenters. The molecule has 0 saturated heterocycles. The summed E-state index contributed by atoms with van der Waals surface area (Å²) >= 11 is 0. The summed E-state index contributed by atoms with van der Waals surface area (Å²) in [5, 5.41) is 10.9. The van der Waals surface area contributed by atoms with E-state index in [-0.39, 0.29) is 17.0 Å². The fraction of sp³-hybridized carbons (Fsp3) is 0.818. The summed E-state index contributed by atoms with van der Waals surface area (Å²) in [7, 11) is 0. The molecule has 0 heterocycles. The molecule has 1 aliphatic rings. The van der Waals surface area contributed by atoms with Crippen LogP contribution in [0, 0.1) is 0 Å². The van der Waals surface area contributed by atoms with Crippen LogP contribution in [0.5, 0.6) is 0 Å². The number of halogens is 3. The van der Waals surface area contributed by atoms with Gasteiger partial charge in [0.05, 0.1) is 6.10 Å². The Morgan fingerprint density at radius 2 is 2.00 bits per heavy atom. The van der Waals surface area contributed by atoms with Crippen molar-refractivity contribution < 1.29 is 32.6 Å². The quantitative estimate of drug-likeness (QED) is 0.772. The van der Waals surface area contributed by atoms with Crippen LogP contribution in [0.15, 0.2) is 0 Å². The molecule has 0 radical (unpaired) electrons. The van der Waals surface area contributed by atoms with Gasteiger partial charge >= 0.3 is 18.2 Å². The van der Waals surface area contributed by atoms with Crippen molar-refractivity contribution in [2.75, 3.05) is 19.7 Å². The number of carboxylic acids is 1. The van der Waals surface area contributed by atoms with Crippen molar-refractivity contribution in [3.05, 3.63) is 0 Å². The van der Waals surface area contributed by atoms with Gasteiger partial charge in [-0.1, -0.05) is 0 Å². The lowest BCUT2D eigenvalue weighted by Gasteiger charge is -2.36. The number of carbonyl (C=O) groups is 2. The Morgan fingerprint density at radius 1 is 1.40 bits per heavy atom. The number of rotatable bonds is 6. The lowest BCUT2D eigenvalue weighted by atomic mass is 9.89. The van der Waals surface area contributed by atoms with E-state index in [0.717, 1.165) is 0 Å². The lowest BCUT2D eigenvalue weighted by Crippen LogP contribution is -2.54. The normalized spacial score (nSPS) is 22.0. The maximum Gasteiger partial charge on any atom is 0.406 e. The molecule has 116 valence electrons. The molecule has 9 heteroatoms. The molecule has 0 bridgehead atoms. The van der Waals surface area contributed by atoms with Gasteiger partial charge in [-0.05, 0) is 19.8 Å². The van der Waals surface area contributed by atoms with Crippen LogP contribution in [0.4, 0.5) is 18.0 Å². The number of amides is 2. The first kappa shape index (κ1) is 16.5. The van der Waals surface area contributed by atoms with Crippen LogP contribution >= 0.6 is 0 Å². The number of hydrogen-bond donors (Lipinski definition) is 2. The van der Waals surface area contributed by atoms with E-state index >= 15 is 0 Å². The Hall–Kier alpha value is -1.51. The minimum absolute atomic E-state index is 0.000778. The maximum absolute atomic E-state index is 12.3. The van der Waals surface area contributed by atoms with Crippen molar-refractivity contribution in [1.82, 2.24) is 10.2 Å². The number of carboxylic acid groups (broad SMARTS) is 1. The molecule has 1 rings (SSSR count). The van der Waals surface area contributed by atoms with Gasteiger partial charge in [0, 0.05) is 12.6 Å². The molecular weight excluding hydrogens is 281 g/mol. The molecule has 0 aromatic rings. The third kappa shape index (κ3) is 5.64. The predicted molar refractivity (Wildman–Crippen MR) is 62.2 cm³/mol. The van der Waals surface area contributed by atoms with E-state index in [2.05, 4.69) is 5.32 Å². The summed E-state index contributed by atoms with van der Waals surface area (Å²) in [5.41, 5.74) is 0. The SMILES string of the molecule is CCOC1CC(NC(=O)N(CC(=O)O)CC(F)(F)F)C1. The van der Waals surface area contributed by atoms with Crippen LogP contribution in [0.2, 0.25) is 0 Å². The number of alkyl halides is 3. The third-order valence-corrected chi connectivity index (χ3v) is 2.81. The second-order valence-corrected chi connectivity index (χ2v) is 4.56. The zero-order valence-electron chi connectivity index (χ0n) is 10.9. The zero-order valence-corrected chi connectivity index (χ0v) is 10.9. The summed E-state index contributed by atoms with van der Waals surface area (Å²) in [6.07, 6.45) is -3.60. The van der Waals surface area contributed by atoms with Gasteiger partial charge in [0.25, 0.3) is 0 Å². The molecule has 0 spiro atoms. The smallest absolute Gasteiger partial charge is 0.406 e. The van der Waals surface area contributed by atoms with E-state index < -0.39 is 31.3 Å². The van der Waals surface area contributed by atoms with Crippen molar-refractivity contribution >= 4 is 12.0 Å². The summed E-state index contributed by atoms with van der Waals surface area (Å²) in [6, 6.07) is -1.30. The van der Waals surface area contributed by atoms with Crippen molar-refractivity contribution in [3.8, 4) is 0 Å². The number of hydrogen-bond acceptors (Lipinski definition) is 3. The Balaban J connectivity index is 2.46. The molecule has 20 heavy (non-hydrogen) atoms. The Morgan fingerprint density at radius 3 is 2.45 bits per heavy atom. The highest BCUT2D eigenvalue weighted by Gasteiger charge is 2.36. The second kappa shape index (κ2) is 6.78. The van der Waals surface area contributed by atoms with E-state index in [4.69, 9.17) is 9.84 Å². The molecule has 1 aliphatic carbocycles. The molecular formula is C11H17F3N2O4. The number of nitrogens with zero attached hydrogens (tertiary/aromatic N) is 1. The maximum atomic E-state index is 12.3. The largest absolute Gasteiger partial charge is 0.480 e. The molecule has 0 aliphatic heterocycles. The van der Waals surface area contributed by atoms with Crippen LogP contribution in [0.25, 0.3) is 0 Å². The van der Waals surface area contributed by atoms with Crippen LogP contribution in [-0.4, -0.2) is 60.0 Å². The molecule has 6 nitrogen and oxygen atoms in total. The minimum Gasteiger partial charge on any atom is -0.480 e. The Kier molecular flexibility index (Phi) is 5.61. The standard InChI is InChI=1S/C11H17F3N2O4/c1-2-20-8-3-7(4-8)15-10(19)16(5-9(17)18)6-11(12,13)14/h7-8H,2-6H2,1H3,(H,15,19)(H,17,18). The van der Waals surface area contributed by atoms with E-state index in [1.54, 1.807) is 0 Å². The number of aliphatic carboxylic acids is 1. The highest BCUT2D eigenvalue weighted by Crippen LogP contribution is 2.24. The summed E-state index contributed by atoms with van der Waals surface area (Å²) in [5.74, 6) is -1.50. The zero-order chi connectivity index (χ0) is 15.3. The summed E-state index contributed by atoms with van der Waals surface area (Å²) in [6.45, 7) is -0.228. The van der Waals surface area contributed by atoms with Gasteiger partial charge in [-0.2, -0.15) is 13.2 Å². The van der Waals surface area contributed by atoms with Crippen molar-refractivity contribution in [1.29, 1.82) is 0 Å². The van der Waals surface area contributed by atoms with Gasteiger partial charge in [-0.25, -0.2) is 4.79 Å². The molecule has 0 aromatic heterocycles. The molecule has 2 N–H and O–H groups in total. The van der Waals surface area contributed by atoms with Crippen molar-refractivity contribution in [2.24, 2.45) is 0 Å². The van der Waals surface area contributed by atoms with Gasteiger partial charge in [0.15, 0.2) is 0 Å². The monoisotopic (exact) mass is 298 g/mol. The van der Waals surface area contributed by atoms with Crippen molar-refractivity contribution in [2.45, 2.75) is 38.1 Å². The predicted octanol–water partition coefficient (Wildman–Crippen LogP) is 1.21. The van der Waals surface area contributed by atoms with Gasteiger partial charge in [0.1, 0.15) is 13.1 Å². The number of nitrogens with one attached hydrogen (secondary N) is 1. The topological polar surface area (TPSA) is 78.9 Å². The van der Waals surface area contributed by atoms with Crippen LogP contribution < -0.4 is 5.32 Å². The number of urea groups is 1. The van der Waals surface area contributed by atoms with Crippen LogP contribution in [0.3, 0.4) is 0 Å². The van der Waals surface area contributed by atoms with Gasteiger partial charge in [0.2, 0.25) is 0 Å². The Bertz CT molecular complexity index is 356. The van der Waals surface area contributed by atoms with Crippen molar-refractivity contribution in [3.63, 3.8) is 0 Å². The highest BCUT2D eigenvalue weighted by atomic mass is 19.4. The van der Waals surface area contributed by atoms with Gasteiger partial charge in [-0.15, -0.1) is 0 Å². The van der Waals surface area contributed by atoms with E-state index in [1.165, 1.54) is 0 Å². The lowest BCUT2D eigenvalue weighted by molar-refractivity contribution is -0.149. The fourth-order valence-corrected chi connectivity index (χ4v) is 1.90. The van der Waals surface area contributed by atoms with Crippen LogP contribution in [0.1, 0.15) is 19.8 Å². The van der Waals surface area contributed by atoms with Crippen LogP contribution in [-0.2, 0) is 9.53 Å². The summed E-state index contributed by atoms with van der Waals surface area (Å²) < 4.78 is 42.1. The minimum atomic E-state index is -4.64. The first-order valence-corrected chi connectivity index (χ1v) is 6.17. The molecule has 2 amide bonds. The van der Waals surface area contributed by atoms with E-state index in [9.17, 15) is 22.8 Å². The first-order chi connectivity index (χ1) is 9.21. The highest BCUT2D eigenvalue weighted by molar-refractivity contribution is 5.80. The molecule has 0 aromatic carbocycles. The van der Waals surface area contributed by atoms with Gasteiger partial charge in [-0.3, -0.25) is 4.79 Å². The first-order valence-electron chi connectivity index (χ1n) is 6.17. The summed E-state index contributed by atoms with van der Waals surface area (Å²) in [4.78, 5) is 22.4. The molecule has 1 saturated carbocycles. The number of carbonyl (C=O) groups excluding carboxylic acids is 1.